The minimum Gasteiger partial charge on any atom is -0.496 e. The highest BCUT2D eigenvalue weighted by molar-refractivity contribution is 7.13. The average Bonchev–Trinajstić information content (AvgIpc) is 3.05. The second-order valence-electron chi connectivity index (χ2n) is 4.80. The van der Waals surface area contributed by atoms with Crippen LogP contribution in [0.5, 0.6) is 5.75 Å². The van der Waals surface area contributed by atoms with Crippen molar-refractivity contribution in [3.63, 3.8) is 0 Å². The second-order valence-corrected chi connectivity index (χ2v) is 5.66. The first-order chi connectivity index (χ1) is 11.2. The number of benzene rings is 2. The van der Waals surface area contributed by atoms with Crippen LogP contribution in [0.15, 0.2) is 53.9 Å². The van der Waals surface area contributed by atoms with Crippen molar-refractivity contribution in [2.45, 2.75) is 0 Å². The van der Waals surface area contributed by atoms with Gasteiger partial charge in [0, 0.05) is 16.6 Å². The highest BCUT2D eigenvalue weighted by Crippen LogP contribution is 2.34. The third kappa shape index (κ3) is 3.32. The van der Waals surface area contributed by atoms with Gasteiger partial charge in [-0.1, -0.05) is 24.3 Å². The van der Waals surface area contributed by atoms with Crippen molar-refractivity contribution >= 4 is 23.1 Å². The molecule has 5 nitrogen and oxygen atoms in total. The number of para-hydroxylation sites is 1. The number of nitrogens with two attached hydrogens (primary N) is 1. The minimum absolute atomic E-state index is 0.579. The molecule has 0 bridgehead atoms. The zero-order valence-corrected chi connectivity index (χ0v) is 13.3. The molecule has 0 radical (unpaired) electrons. The number of nitrogens with one attached hydrogen (secondary N) is 1. The van der Waals surface area contributed by atoms with Gasteiger partial charge in [0.1, 0.15) is 10.8 Å². The van der Waals surface area contributed by atoms with Crippen LogP contribution in [0.1, 0.15) is 0 Å². The first-order valence-electron chi connectivity index (χ1n) is 6.93. The molecule has 6 heteroatoms. The molecule has 0 atom stereocenters. The zero-order chi connectivity index (χ0) is 16.2. The number of urea groups is 1. The molecule has 3 aromatic rings. The predicted molar refractivity (Wildman–Crippen MR) is 92.7 cm³/mol. The molecule has 3 N–H and O–H groups in total. The first-order valence-corrected chi connectivity index (χ1v) is 7.81. The molecule has 0 aliphatic heterocycles. The number of carbonyl (C=O) groups is 1. The van der Waals surface area contributed by atoms with Gasteiger partial charge in [-0.05, 0) is 24.3 Å². The normalized spacial score (nSPS) is 10.3. The quantitative estimate of drug-likeness (QED) is 0.762. The van der Waals surface area contributed by atoms with E-state index in [-0.39, 0.29) is 0 Å². The lowest BCUT2D eigenvalue weighted by atomic mass is 10.1. The largest absolute Gasteiger partial charge is 0.496 e. The summed E-state index contributed by atoms with van der Waals surface area (Å²) in [6.45, 7) is 0. The summed E-state index contributed by atoms with van der Waals surface area (Å²) in [5, 5.41) is 5.43. The van der Waals surface area contributed by atoms with Gasteiger partial charge in [-0.2, -0.15) is 0 Å². The van der Waals surface area contributed by atoms with E-state index >= 15 is 0 Å². The molecule has 0 fully saturated rings. The number of primary amides is 1. The number of methoxy groups -OCH3 is 1. The lowest BCUT2D eigenvalue weighted by Crippen LogP contribution is -2.19. The van der Waals surface area contributed by atoms with Gasteiger partial charge in [0.2, 0.25) is 0 Å². The van der Waals surface area contributed by atoms with Gasteiger partial charge < -0.3 is 15.8 Å². The minimum atomic E-state index is -0.579. The highest BCUT2D eigenvalue weighted by atomic mass is 32.1. The first kappa shape index (κ1) is 15.1. The third-order valence-corrected chi connectivity index (χ3v) is 4.17. The zero-order valence-electron chi connectivity index (χ0n) is 12.4. The van der Waals surface area contributed by atoms with Crippen molar-refractivity contribution in [2.24, 2.45) is 5.73 Å². The van der Waals surface area contributed by atoms with E-state index in [2.05, 4.69) is 10.3 Å². The van der Waals surface area contributed by atoms with Gasteiger partial charge in [-0.25, -0.2) is 9.78 Å². The van der Waals surface area contributed by atoms with E-state index in [0.717, 1.165) is 27.6 Å². The topological polar surface area (TPSA) is 77.2 Å². The number of aromatic nitrogens is 1. The van der Waals surface area contributed by atoms with Gasteiger partial charge >= 0.3 is 6.03 Å². The molecule has 2 aromatic carbocycles. The summed E-state index contributed by atoms with van der Waals surface area (Å²) in [5.41, 5.74) is 8.57. The lowest BCUT2D eigenvalue weighted by Gasteiger charge is -2.05. The van der Waals surface area contributed by atoms with Crippen LogP contribution in [0.25, 0.3) is 21.8 Å². The fraction of sp³-hybridized carbons (Fsp3) is 0.0588. The molecule has 1 aromatic heterocycles. The van der Waals surface area contributed by atoms with E-state index < -0.39 is 6.03 Å². The number of rotatable bonds is 4. The van der Waals surface area contributed by atoms with Crippen LogP contribution in [0.3, 0.4) is 0 Å². The van der Waals surface area contributed by atoms with Crippen LogP contribution < -0.4 is 15.8 Å². The average molecular weight is 325 g/mol. The number of hydrogen-bond donors (Lipinski definition) is 2. The number of carbonyl (C=O) groups excluding carboxylic acids is 1. The maximum Gasteiger partial charge on any atom is 0.316 e. The Balaban J connectivity index is 1.88. The van der Waals surface area contributed by atoms with Gasteiger partial charge in [-0.15, -0.1) is 11.3 Å². The molecule has 23 heavy (non-hydrogen) atoms. The maximum absolute atomic E-state index is 10.8. The Bertz CT molecular complexity index is 828. The standard InChI is InChI=1S/C17H15N3O2S/c1-22-15-5-3-2-4-13(15)16-20-14(10-23-16)11-6-8-12(9-7-11)19-17(18)21/h2-10H,1H3,(H3,18,19,21). The Kier molecular flexibility index (Phi) is 4.25. The van der Waals surface area contributed by atoms with Gasteiger partial charge in [0.05, 0.1) is 18.4 Å². The third-order valence-electron chi connectivity index (χ3n) is 3.29. The van der Waals surface area contributed by atoms with Crippen LogP contribution in [-0.2, 0) is 0 Å². The van der Waals surface area contributed by atoms with Crippen LogP contribution in [-0.4, -0.2) is 18.1 Å². The molecule has 3 rings (SSSR count). The van der Waals surface area contributed by atoms with Crippen LogP contribution in [0.4, 0.5) is 10.5 Å². The van der Waals surface area contributed by atoms with Crippen LogP contribution in [0, 0.1) is 0 Å². The Morgan fingerprint density at radius 3 is 2.61 bits per heavy atom. The molecule has 0 aliphatic rings. The summed E-state index contributed by atoms with van der Waals surface area (Å²) in [4.78, 5) is 15.5. The van der Waals surface area contributed by atoms with Crippen molar-refractivity contribution in [3.8, 4) is 27.6 Å². The van der Waals surface area contributed by atoms with Gasteiger partial charge in [0.15, 0.2) is 0 Å². The summed E-state index contributed by atoms with van der Waals surface area (Å²) in [6, 6.07) is 14.6. The summed E-state index contributed by atoms with van der Waals surface area (Å²) in [5.74, 6) is 0.800. The number of ether oxygens (including phenoxy) is 1. The molecule has 0 aliphatic carbocycles. The van der Waals surface area contributed by atoms with Crippen molar-refractivity contribution in [1.29, 1.82) is 0 Å². The molecule has 2 amide bonds. The molecule has 0 saturated carbocycles. The monoisotopic (exact) mass is 325 g/mol. The Labute approximate surface area is 137 Å². The number of amides is 2. The number of nitrogens with zero attached hydrogens (tertiary/aromatic N) is 1. The lowest BCUT2D eigenvalue weighted by molar-refractivity contribution is 0.259. The van der Waals surface area contributed by atoms with Gasteiger partial charge in [0.25, 0.3) is 0 Å². The fourth-order valence-corrected chi connectivity index (χ4v) is 3.08. The smallest absolute Gasteiger partial charge is 0.316 e. The molecular formula is C17H15N3O2S. The number of thiazole rings is 1. The van der Waals surface area contributed by atoms with Gasteiger partial charge in [-0.3, -0.25) is 0 Å². The van der Waals surface area contributed by atoms with E-state index in [4.69, 9.17) is 10.5 Å². The Hall–Kier alpha value is -2.86. The van der Waals surface area contributed by atoms with Crippen molar-refractivity contribution in [2.75, 3.05) is 12.4 Å². The molecular weight excluding hydrogens is 310 g/mol. The molecule has 0 spiro atoms. The summed E-state index contributed by atoms with van der Waals surface area (Å²) in [7, 11) is 1.65. The second kappa shape index (κ2) is 6.50. The predicted octanol–water partition coefficient (Wildman–Crippen LogP) is 3.98. The molecule has 0 unspecified atom stereocenters. The highest BCUT2D eigenvalue weighted by Gasteiger charge is 2.10. The maximum atomic E-state index is 10.8. The van der Waals surface area contributed by atoms with Crippen molar-refractivity contribution in [3.05, 3.63) is 53.9 Å². The molecule has 1 heterocycles. The Morgan fingerprint density at radius 2 is 1.91 bits per heavy atom. The van der Waals surface area contributed by atoms with Crippen LogP contribution >= 0.6 is 11.3 Å². The van der Waals surface area contributed by atoms with E-state index in [1.165, 1.54) is 0 Å². The number of hydrogen-bond acceptors (Lipinski definition) is 4. The van der Waals surface area contributed by atoms with E-state index in [1.54, 1.807) is 30.6 Å². The molecule has 116 valence electrons. The van der Waals surface area contributed by atoms with Crippen molar-refractivity contribution in [1.82, 2.24) is 4.98 Å². The van der Waals surface area contributed by atoms with E-state index in [0.29, 0.717) is 5.69 Å². The SMILES string of the molecule is COc1ccccc1-c1nc(-c2ccc(NC(N)=O)cc2)cs1. The molecule has 0 saturated heterocycles. The fourth-order valence-electron chi connectivity index (χ4n) is 2.22. The number of anilines is 1. The summed E-state index contributed by atoms with van der Waals surface area (Å²) >= 11 is 1.56. The summed E-state index contributed by atoms with van der Waals surface area (Å²) < 4.78 is 5.38. The van der Waals surface area contributed by atoms with Crippen molar-refractivity contribution < 1.29 is 9.53 Å². The van der Waals surface area contributed by atoms with E-state index in [9.17, 15) is 4.79 Å². The van der Waals surface area contributed by atoms with E-state index in [1.807, 2.05) is 41.8 Å². The Morgan fingerprint density at radius 1 is 1.17 bits per heavy atom. The van der Waals surface area contributed by atoms with Crippen LogP contribution in [0.2, 0.25) is 0 Å². The summed E-state index contributed by atoms with van der Waals surface area (Å²) in [6.07, 6.45) is 0.